The third kappa shape index (κ3) is 8.03. The maximum Gasteiger partial charge on any atom is 0.277 e. The first-order valence-electron chi connectivity index (χ1n) is 9.89. The van der Waals surface area contributed by atoms with E-state index in [4.69, 9.17) is 9.47 Å². The smallest absolute Gasteiger partial charge is 0.277 e. The number of halogens is 2. The van der Waals surface area contributed by atoms with E-state index in [1.165, 1.54) is 6.21 Å². The average molecular weight is 575 g/mol. The van der Waals surface area contributed by atoms with Gasteiger partial charge in [-0.15, -0.1) is 0 Å². The van der Waals surface area contributed by atoms with Crippen molar-refractivity contribution in [2.75, 3.05) is 18.5 Å². The molecule has 3 rings (SSSR count). The standard InChI is InChI=1S/C24H21Br2N3O4/c1-16-4-2-3-5-21(16)28-23(30)14-32-19-9-6-17(7-10-19)13-27-29-24(31)15-33-22-11-8-18(25)12-20(22)26/h2-13H,14-15H2,1H3,(H,28,30)(H,29,31)/b27-13+. The van der Waals surface area contributed by atoms with Crippen LogP contribution >= 0.6 is 31.9 Å². The lowest BCUT2D eigenvalue weighted by Crippen LogP contribution is -2.24. The molecule has 0 spiro atoms. The normalized spacial score (nSPS) is 10.6. The van der Waals surface area contributed by atoms with Gasteiger partial charge in [-0.05, 0) is 82.5 Å². The van der Waals surface area contributed by atoms with E-state index < -0.39 is 0 Å². The van der Waals surface area contributed by atoms with Gasteiger partial charge >= 0.3 is 0 Å². The van der Waals surface area contributed by atoms with E-state index in [1.807, 2.05) is 43.3 Å². The Kier molecular flexibility index (Phi) is 9.03. The largest absolute Gasteiger partial charge is 0.484 e. The average Bonchev–Trinajstić information content (AvgIpc) is 2.79. The summed E-state index contributed by atoms with van der Waals surface area (Å²) in [5.74, 6) is 0.473. The second-order valence-electron chi connectivity index (χ2n) is 6.88. The minimum Gasteiger partial charge on any atom is -0.484 e. The Hall–Kier alpha value is -3.17. The Bertz CT molecular complexity index is 1150. The highest BCUT2D eigenvalue weighted by molar-refractivity contribution is 9.11. The molecule has 3 aromatic rings. The highest BCUT2D eigenvalue weighted by Gasteiger charge is 2.07. The fourth-order valence-corrected chi connectivity index (χ4v) is 3.81. The summed E-state index contributed by atoms with van der Waals surface area (Å²) in [6.07, 6.45) is 1.50. The van der Waals surface area contributed by atoms with E-state index in [0.717, 1.165) is 25.8 Å². The molecule has 2 amide bonds. The van der Waals surface area contributed by atoms with Gasteiger partial charge in [-0.25, -0.2) is 5.43 Å². The van der Waals surface area contributed by atoms with Crippen molar-refractivity contribution in [2.45, 2.75) is 6.92 Å². The predicted octanol–water partition coefficient (Wildman–Crippen LogP) is 5.07. The third-order valence-electron chi connectivity index (χ3n) is 4.32. The van der Waals surface area contributed by atoms with Gasteiger partial charge in [0.1, 0.15) is 11.5 Å². The Morgan fingerprint density at radius 3 is 2.39 bits per heavy atom. The monoisotopic (exact) mass is 573 g/mol. The van der Waals surface area contributed by atoms with Gasteiger partial charge in [0.15, 0.2) is 13.2 Å². The molecule has 0 unspecified atom stereocenters. The van der Waals surface area contributed by atoms with Crippen LogP contribution in [-0.4, -0.2) is 31.2 Å². The van der Waals surface area contributed by atoms with E-state index in [0.29, 0.717) is 11.5 Å². The number of hydrogen-bond donors (Lipinski definition) is 2. The van der Waals surface area contributed by atoms with Crippen molar-refractivity contribution in [2.24, 2.45) is 5.10 Å². The first kappa shape index (κ1) is 24.5. The van der Waals surface area contributed by atoms with Crippen LogP contribution in [0.2, 0.25) is 0 Å². The molecular formula is C24H21Br2N3O4. The van der Waals surface area contributed by atoms with Crippen LogP contribution in [-0.2, 0) is 9.59 Å². The molecule has 0 aromatic heterocycles. The van der Waals surface area contributed by atoms with Crippen LogP contribution in [0.5, 0.6) is 11.5 Å². The topological polar surface area (TPSA) is 89.0 Å². The molecular weight excluding hydrogens is 554 g/mol. The molecule has 170 valence electrons. The van der Waals surface area contributed by atoms with E-state index in [9.17, 15) is 9.59 Å². The number of anilines is 1. The van der Waals surface area contributed by atoms with Crippen molar-refractivity contribution < 1.29 is 19.1 Å². The molecule has 2 N–H and O–H groups in total. The van der Waals surface area contributed by atoms with Crippen LogP contribution in [0.25, 0.3) is 0 Å². The molecule has 0 atom stereocenters. The van der Waals surface area contributed by atoms with E-state index in [2.05, 4.69) is 47.7 Å². The van der Waals surface area contributed by atoms with Crippen molar-refractivity contribution in [1.82, 2.24) is 5.43 Å². The zero-order valence-corrected chi connectivity index (χ0v) is 20.9. The minimum atomic E-state index is -0.388. The van der Waals surface area contributed by atoms with Gasteiger partial charge < -0.3 is 14.8 Å². The molecule has 0 aliphatic carbocycles. The summed E-state index contributed by atoms with van der Waals surface area (Å²) in [5.41, 5.74) is 4.90. The molecule has 7 nitrogen and oxygen atoms in total. The number of benzene rings is 3. The quantitative estimate of drug-likeness (QED) is 0.276. The second-order valence-corrected chi connectivity index (χ2v) is 8.65. The lowest BCUT2D eigenvalue weighted by Gasteiger charge is -2.09. The van der Waals surface area contributed by atoms with Gasteiger partial charge in [-0.3, -0.25) is 9.59 Å². The Labute approximate surface area is 208 Å². The molecule has 33 heavy (non-hydrogen) atoms. The van der Waals surface area contributed by atoms with E-state index in [-0.39, 0.29) is 25.0 Å². The molecule has 0 bridgehead atoms. The molecule has 0 radical (unpaired) electrons. The maximum absolute atomic E-state index is 12.1. The van der Waals surface area contributed by atoms with Crippen LogP contribution in [0.4, 0.5) is 5.69 Å². The Morgan fingerprint density at radius 1 is 0.939 bits per heavy atom. The summed E-state index contributed by atoms with van der Waals surface area (Å²) in [6.45, 7) is 1.65. The minimum absolute atomic E-state index is 0.105. The van der Waals surface area contributed by atoms with Crippen LogP contribution in [0, 0.1) is 6.92 Å². The number of rotatable bonds is 9. The highest BCUT2D eigenvalue weighted by atomic mass is 79.9. The molecule has 0 saturated carbocycles. The summed E-state index contributed by atoms with van der Waals surface area (Å²) in [6, 6.07) is 19.9. The summed E-state index contributed by atoms with van der Waals surface area (Å²) >= 11 is 6.73. The number of nitrogens with one attached hydrogen (secondary N) is 2. The van der Waals surface area contributed by atoms with Gasteiger partial charge in [0.05, 0.1) is 10.7 Å². The number of amides is 2. The van der Waals surface area contributed by atoms with Gasteiger partial charge in [-0.1, -0.05) is 34.1 Å². The zero-order chi connectivity index (χ0) is 23.6. The number of ether oxygens (including phenoxy) is 2. The maximum atomic E-state index is 12.1. The fourth-order valence-electron chi connectivity index (χ4n) is 2.65. The first-order chi connectivity index (χ1) is 15.9. The summed E-state index contributed by atoms with van der Waals surface area (Å²) in [5, 5.41) is 6.74. The van der Waals surface area contributed by atoms with E-state index in [1.54, 1.807) is 30.3 Å². The van der Waals surface area contributed by atoms with Gasteiger partial charge in [0.2, 0.25) is 0 Å². The summed E-state index contributed by atoms with van der Waals surface area (Å²) in [7, 11) is 0. The molecule has 3 aromatic carbocycles. The number of nitrogens with zero attached hydrogens (tertiary/aromatic N) is 1. The number of para-hydroxylation sites is 1. The predicted molar refractivity (Wildman–Crippen MR) is 135 cm³/mol. The molecule has 0 heterocycles. The van der Waals surface area contributed by atoms with Crippen molar-refractivity contribution in [3.63, 3.8) is 0 Å². The number of hydrazone groups is 1. The number of aryl methyl sites for hydroxylation is 1. The highest BCUT2D eigenvalue weighted by Crippen LogP contribution is 2.28. The second kappa shape index (κ2) is 12.2. The Morgan fingerprint density at radius 2 is 1.67 bits per heavy atom. The van der Waals surface area contributed by atoms with Crippen LogP contribution in [0.3, 0.4) is 0 Å². The van der Waals surface area contributed by atoms with Crippen molar-refractivity contribution in [3.05, 3.63) is 86.8 Å². The lowest BCUT2D eigenvalue weighted by atomic mass is 10.2. The zero-order valence-electron chi connectivity index (χ0n) is 17.7. The fraction of sp³-hybridized carbons (Fsp3) is 0.125. The van der Waals surface area contributed by atoms with Crippen molar-refractivity contribution in [1.29, 1.82) is 0 Å². The van der Waals surface area contributed by atoms with Crippen LogP contribution < -0.4 is 20.2 Å². The lowest BCUT2D eigenvalue weighted by molar-refractivity contribution is -0.123. The third-order valence-corrected chi connectivity index (χ3v) is 5.44. The van der Waals surface area contributed by atoms with Gasteiger partial charge in [-0.2, -0.15) is 5.10 Å². The van der Waals surface area contributed by atoms with Crippen molar-refractivity contribution >= 4 is 55.6 Å². The SMILES string of the molecule is Cc1ccccc1NC(=O)COc1ccc(/C=N/NC(=O)COc2ccc(Br)cc2Br)cc1. The van der Waals surface area contributed by atoms with Crippen LogP contribution in [0.1, 0.15) is 11.1 Å². The summed E-state index contributed by atoms with van der Waals surface area (Å²) in [4.78, 5) is 24.0. The molecule has 0 aliphatic heterocycles. The van der Waals surface area contributed by atoms with E-state index >= 15 is 0 Å². The molecule has 0 aliphatic rings. The number of carbonyl (C=O) groups excluding carboxylic acids is 2. The van der Waals surface area contributed by atoms with Crippen LogP contribution in [0.15, 0.2) is 80.8 Å². The number of hydrogen-bond acceptors (Lipinski definition) is 5. The van der Waals surface area contributed by atoms with Crippen molar-refractivity contribution in [3.8, 4) is 11.5 Å². The summed E-state index contributed by atoms with van der Waals surface area (Å²) < 4.78 is 12.6. The molecule has 0 fully saturated rings. The molecule has 0 saturated heterocycles. The van der Waals surface area contributed by atoms with Gasteiger partial charge in [0, 0.05) is 10.2 Å². The number of carbonyl (C=O) groups is 2. The molecule has 9 heteroatoms. The first-order valence-corrected chi connectivity index (χ1v) is 11.5. The van der Waals surface area contributed by atoms with Gasteiger partial charge in [0.25, 0.3) is 11.8 Å². The Balaban J connectivity index is 1.40.